The van der Waals surface area contributed by atoms with Crippen molar-refractivity contribution in [2.75, 3.05) is 18.1 Å². The van der Waals surface area contributed by atoms with Crippen LogP contribution in [0.2, 0.25) is 0 Å². The molecule has 1 saturated heterocycles. The van der Waals surface area contributed by atoms with Crippen molar-refractivity contribution >= 4 is 21.6 Å². The highest BCUT2D eigenvalue weighted by atomic mass is 32.2. The van der Waals surface area contributed by atoms with Gasteiger partial charge in [0.1, 0.15) is 0 Å². The van der Waals surface area contributed by atoms with Crippen LogP contribution in [-0.4, -0.2) is 31.7 Å². The molecule has 0 unspecified atom stereocenters. The zero-order valence-electron chi connectivity index (χ0n) is 17.1. The van der Waals surface area contributed by atoms with Crippen LogP contribution in [0.1, 0.15) is 28.8 Å². The molecule has 3 aromatic rings. The molecule has 0 atom stereocenters. The Labute approximate surface area is 183 Å². The van der Waals surface area contributed by atoms with E-state index in [1.54, 1.807) is 23.2 Å². The van der Waals surface area contributed by atoms with Crippen LogP contribution in [0.3, 0.4) is 0 Å². The third-order valence-electron chi connectivity index (χ3n) is 5.29. The smallest absolute Gasteiger partial charge is 0.269 e. The standard InChI is InChI=1S/C24H25N3O3S/c28-24(21-12-9-15-23(18-21)31(29,30)26-16-7-8-17-26)25-27(22-13-5-2-6-14-22)19-20-10-3-1-4-11-20/h1-6,9-15,18H,7-8,16-17,19H2,(H,25,28). The molecule has 6 nitrogen and oxygen atoms in total. The molecule has 1 aliphatic rings. The predicted molar refractivity (Wildman–Crippen MR) is 121 cm³/mol. The van der Waals surface area contributed by atoms with Gasteiger partial charge in [-0.05, 0) is 48.7 Å². The van der Waals surface area contributed by atoms with Gasteiger partial charge in [-0.15, -0.1) is 0 Å². The van der Waals surface area contributed by atoms with Gasteiger partial charge < -0.3 is 0 Å². The van der Waals surface area contributed by atoms with Crippen molar-refractivity contribution in [1.29, 1.82) is 0 Å². The lowest BCUT2D eigenvalue weighted by atomic mass is 10.2. The number of benzene rings is 3. The summed E-state index contributed by atoms with van der Waals surface area (Å²) in [4.78, 5) is 13.2. The molecule has 1 aliphatic heterocycles. The molecule has 3 aromatic carbocycles. The molecule has 1 heterocycles. The Morgan fingerprint density at radius 1 is 0.871 bits per heavy atom. The van der Waals surface area contributed by atoms with E-state index >= 15 is 0 Å². The molecule has 1 N–H and O–H groups in total. The Balaban J connectivity index is 1.57. The van der Waals surface area contributed by atoms with Crippen LogP contribution < -0.4 is 10.4 Å². The largest absolute Gasteiger partial charge is 0.281 e. The van der Waals surface area contributed by atoms with E-state index in [4.69, 9.17) is 0 Å². The second kappa shape index (κ2) is 9.32. The van der Waals surface area contributed by atoms with Crippen LogP contribution in [0.5, 0.6) is 0 Å². The summed E-state index contributed by atoms with van der Waals surface area (Å²) in [5, 5.41) is 1.76. The van der Waals surface area contributed by atoms with E-state index in [0.29, 0.717) is 25.2 Å². The first-order valence-corrected chi connectivity index (χ1v) is 11.8. The van der Waals surface area contributed by atoms with E-state index in [-0.39, 0.29) is 10.8 Å². The minimum atomic E-state index is -3.58. The molecule has 0 saturated carbocycles. The van der Waals surface area contributed by atoms with Gasteiger partial charge >= 0.3 is 0 Å². The van der Waals surface area contributed by atoms with Gasteiger partial charge in [0.25, 0.3) is 5.91 Å². The zero-order chi connectivity index (χ0) is 21.7. The van der Waals surface area contributed by atoms with Gasteiger partial charge in [0.2, 0.25) is 10.0 Å². The number of para-hydroxylation sites is 1. The van der Waals surface area contributed by atoms with E-state index in [2.05, 4.69) is 5.43 Å². The lowest BCUT2D eigenvalue weighted by Gasteiger charge is -2.26. The number of hydrazine groups is 1. The Bertz CT molecular complexity index is 1130. The second-order valence-electron chi connectivity index (χ2n) is 7.49. The van der Waals surface area contributed by atoms with E-state index in [1.807, 2.05) is 60.7 Å². The Morgan fingerprint density at radius 2 is 1.52 bits per heavy atom. The number of hydrogen-bond donors (Lipinski definition) is 1. The van der Waals surface area contributed by atoms with E-state index in [1.165, 1.54) is 10.4 Å². The maximum absolute atomic E-state index is 13.1. The maximum Gasteiger partial charge on any atom is 0.269 e. The number of rotatable bonds is 7. The van der Waals surface area contributed by atoms with Gasteiger partial charge in [-0.3, -0.25) is 15.2 Å². The van der Waals surface area contributed by atoms with Crippen molar-refractivity contribution in [3.63, 3.8) is 0 Å². The lowest BCUT2D eigenvalue weighted by molar-refractivity contribution is 0.0948. The number of nitrogens with one attached hydrogen (secondary N) is 1. The summed E-state index contributed by atoms with van der Waals surface area (Å²) in [7, 11) is -3.58. The molecule has 0 aromatic heterocycles. The maximum atomic E-state index is 13.1. The highest BCUT2D eigenvalue weighted by Gasteiger charge is 2.27. The highest BCUT2D eigenvalue weighted by molar-refractivity contribution is 7.89. The normalized spacial score (nSPS) is 14.3. The Hall–Kier alpha value is -3.16. The first-order chi connectivity index (χ1) is 15.0. The molecule has 4 rings (SSSR count). The SMILES string of the molecule is O=C(NN(Cc1ccccc1)c1ccccc1)c1cccc(S(=O)(=O)N2CCCC2)c1. The molecule has 0 radical (unpaired) electrons. The number of carbonyl (C=O) groups is 1. The molecule has 1 fully saturated rings. The van der Waals surface area contributed by atoms with Crippen molar-refractivity contribution in [2.45, 2.75) is 24.3 Å². The Morgan fingerprint density at radius 3 is 2.19 bits per heavy atom. The Kier molecular flexibility index (Phi) is 6.34. The van der Waals surface area contributed by atoms with Gasteiger partial charge in [0, 0.05) is 18.7 Å². The number of hydrogen-bond acceptors (Lipinski definition) is 4. The first kappa shape index (κ1) is 21.1. The molecule has 0 aliphatic carbocycles. The summed E-state index contributed by atoms with van der Waals surface area (Å²) in [6.45, 7) is 1.53. The fourth-order valence-corrected chi connectivity index (χ4v) is 5.20. The van der Waals surface area contributed by atoms with Crippen LogP contribution in [-0.2, 0) is 16.6 Å². The monoisotopic (exact) mass is 435 g/mol. The highest BCUT2D eigenvalue weighted by Crippen LogP contribution is 2.22. The number of anilines is 1. The van der Waals surface area contributed by atoms with Crippen molar-refractivity contribution in [1.82, 2.24) is 9.73 Å². The third kappa shape index (κ3) is 4.95. The number of carbonyl (C=O) groups excluding carboxylic acids is 1. The fraction of sp³-hybridized carbons (Fsp3) is 0.208. The fourth-order valence-electron chi connectivity index (χ4n) is 3.63. The molecular formula is C24H25N3O3S. The van der Waals surface area contributed by atoms with Crippen molar-refractivity contribution in [3.8, 4) is 0 Å². The van der Waals surface area contributed by atoms with Gasteiger partial charge in [-0.1, -0.05) is 54.6 Å². The van der Waals surface area contributed by atoms with E-state index < -0.39 is 10.0 Å². The molecule has 0 bridgehead atoms. The van der Waals surface area contributed by atoms with Crippen LogP contribution in [0.4, 0.5) is 5.69 Å². The summed E-state index contributed by atoms with van der Waals surface area (Å²) in [5.74, 6) is -0.363. The lowest BCUT2D eigenvalue weighted by Crippen LogP contribution is -2.42. The minimum Gasteiger partial charge on any atom is -0.281 e. The summed E-state index contributed by atoms with van der Waals surface area (Å²) >= 11 is 0. The van der Waals surface area contributed by atoms with E-state index in [9.17, 15) is 13.2 Å². The van der Waals surface area contributed by atoms with Gasteiger partial charge in [0.05, 0.1) is 17.1 Å². The second-order valence-corrected chi connectivity index (χ2v) is 9.43. The summed E-state index contributed by atoms with van der Waals surface area (Å²) in [6.07, 6.45) is 1.73. The quantitative estimate of drug-likeness (QED) is 0.573. The van der Waals surface area contributed by atoms with Gasteiger partial charge in [-0.25, -0.2) is 8.42 Å². The van der Waals surface area contributed by atoms with Crippen molar-refractivity contribution in [3.05, 3.63) is 96.1 Å². The minimum absolute atomic E-state index is 0.149. The van der Waals surface area contributed by atoms with Crippen molar-refractivity contribution < 1.29 is 13.2 Å². The molecule has 0 spiro atoms. The average molecular weight is 436 g/mol. The number of amides is 1. The predicted octanol–water partition coefficient (Wildman–Crippen LogP) is 3.82. The van der Waals surface area contributed by atoms with Crippen LogP contribution >= 0.6 is 0 Å². The van der Waals surface area contributed by atoms with Gasteiger partial charge in [0.15, 0.2) is 0 Å². The van der Waals surface area contributed by atoms with Crippen LogP contribution in [0.15, 0.2) is 89.8 Å². The summed E-state index contributed by atoms with van der Waals surface area (Å²) < 4.78 is 27.2. The van der Waals surface area contributed by atoms with Crippen LogP contribution in [0, 0.1) is 0 Å². The van der Waals surface area contributed by atoms with E-state index in [0.717, 1.165) is 24.1 Å². The topological polar surface area (TPSA) is 69.7 Å². The molecule has 1 amide bonds. The molecule has 7 heteroatoms. The number of nitrogens with zero attached hydrogens (tertiary/aromatic N) is 2. The summed E-state index contributed by atoms with van der Waals surface area (Å²) in [6, 6.07) is 25.6. The van der Waals surface area contributed by atoms with Gasteiger partial charge in [-0.2, -0.15) is 4.31 Å². The average Bonchev–Trinajstić information content (AvgIpc) is 3.36. The first-order valence-electron chi connectivity index (χ1n) is 10.3. The molecule has 160 valence electrons. The molecular weight excluding hydrogens is 410 g/mol. The number of sulfonamides is 1. The summed E-state index contributed by atoms with van der Waals surface area (Å²) in [5.41, 5.74) is 5.11. The van der Waals surface area contributed by atoms with Crippen LogP contribution in [0.25, 0.3) is 0 Å². The van der Waals surface area contributed by atoms with Crippen molar-refractivity contribution in [2.24, 2.45) is 0 Å². The zero-order valence-corrected chi connectivity index (χ0v) is 18.0. The molecule has 31 heavy (non-hydrogen) atoms. The third-order valence-corrected chi connectivity index (χ3v) is 7.18.